The molecule has 2 rings (SSSR count). The lowest BCUT2D eigenvalue weighted by Gasteiger charge is -2.25. The van der Waals surface area contributed by atoms with E-state index in [0.717, 1.165) is 22.6 Å². The van der Waals surface area contributed by atoms with E-state index in [1.165, 1.54) is 0 Å². The molecule has 1 amide bonds. The number of amides is 1. The number of aryl methyl sites for hydroxylation is 1. The van der Waals surface area contributed by atoms with Crippen LogP contribution < -0.4 is 0 Å². The van der Waals surface area contributed by atoms with Gasteiger partial charge in [0, 0.05) is 19.4 Å². The van der Waals surface area contributed by atoms with Crippen LogP contribution in [0.4, 0.5) is 22.0 Å². The van der Waals surface area contributed by atoms with Crippen LogP contribution in [0, 0.1) is 5.92 Å². The van der Waals surface area contributed by atoms with Gasteiger partial charge in [0.05, 0.1) is 18.1 Å². The molecule has 196 valence electrons. The number of aliphatic hydroxyl groups is 1. The van der Waals surface area contributed by atoms with Crippen molar-refractivity contribution < 1.29 is 41.8 Å². The minimum atomic E-state index is -4.68. The molecule has 1 aromatic carbocycles. The Morgan fingerprint density at radius 1 is 1.11 bits per heavy atom. The summed E-state index contributed by atoms with van der Waals surface area (Å²) in [6.07, 6.45) is -3.38. The van der Waals surface area contributed by atoms with Gasteiger partial charge >= 0.3 is 18.1 Å². The van der Waals surface area contributed by atoms with Crippen molar-refractivity contribution in [1.82, 2.24) is 4.90 Å². The molecule has 2 N–H and O–H groups in total. The maximum absolute atomic E-state index is 14.0. The number of carbonyl (C=O) groups excluding carboxylic acids is 1. The van der Waals surface area contributed by atoms with E-state index in [-0.39, 0.29) is 25.8 Å². The Balaban J connectivity index is 1.96. The first kappa shape index (κ1) is 28.7. The molecule has 10 heteroatoms. The third-order valence-corrected chi connectivity index (χ3v) is 6.17. The second kappa shape index (κ2) is 13.0. The Morgan fingerprint density at radius 2 is 1.77 bits per heavy atom. The lowest BCUT2D eigenvalue weighted by molar-refractivity contribution is -0.195. The zero-order chi connectivity index (χ0) is 26.1. The number of carbonyl (C=O) groups is 2. The van der Waals surface area contributed by atoms with Crippen molar-refractivity contribution in [2.45, 2.75) is 82.0 Å². The van der Waals surface area contributed by atoms with E-state index >= 15 is 0 Å². The lowest BCUT2D eigenvalue weighted by atomic mass is 9.93. The number of alkyl halides is 5. The summed E-state index contributed by atoms with van der Waals surface area (Å²) in [5.41, 5.74) is 0.878. The molecule has 1 aliphatic heterocycles. The van der Waals surface area contributed by atoms with Crippen molar-refractivity contribution in [3.8, 4) is 0 Å². The highest BCUT2D eigenvalue weighted by molar-refractivity contribution is 5.86. The quantitative estimate of drug-likeness (QED) is 0.202. The molecule has 35 heavy (non-hydrogen) atoms. The van der Waals surface area contributed by atoms with Gasteiger partial charge in [-0.15, -0.1) is 0 Å². The van der Waals surface area contributed by atoms with Gasteiger partial charge in [0.15, 0.2) is 0 Å². The number of aliphatic hydroxyl groups excluding tert-OH is 1. The van der Waals surface area contributed by atoms with Crippen LogP contribution in [0.1, 0.15) is 56.9 Å². The molecule has 1 aromatic rings. The summed E-state index contributed by atoms with van der Waals surface area (Å²) < 4.78 is 68.7. The summed E-state index contributed by atoms with van der Waals surface area (Å²) in [4.78, 5) is 23.5. The highest BCUT2D eigenvalue weighted by Crippen LogP contribution is 2.36. The average molecular weight is 506 g/mol. The molecule has 3 atom stereocenters. The predicted molar refractivity (Wildman–Crippen MR) is 120 cm³/mol. The van der Waals surface area contributed by atoms with E-state index in [2.05, 4.69) is 0 Å². The van der Waals surface area contributed by atoms with Crippen LogP contribution in [-0.4, -0.2) is 57.8 Å². The molecule has 0 radical (unpaired) electrons. The summed E-state index contributed by atoms with van der Waals surface area (Å²) in [5, 5.41) is 18.9. The number of unbranched alkanes of at least 4 members (excludes halogenated alkanes) is 3. The smallest absolute Gasteiger partial charge is 0.394 e. The largest absolute Gasteiger partial charge is 0.481 e. The van der Waals surface area contributed by atoms with Gasteiger partial charge in [0.25, 0.3) is 5.91 Å². The van der Waals surface area contributed by atoms with Crippen molar-refractivity contribution in [1.29, 1.82) is 0 Å². The number of nitrogens with zero attached hydrogens (tertiary/aromatic N) is 1. The standard InChI is InChI=1S/C25H32F5NO4/c26-24(27)17-19(31(23(24)35)16-7-2-1-6-13-22(33)34)14-15-21(32)20(25(28,29)30)12-8-11-18-9-4-3-5-10-18/h3-5,9-10,14-15,19-21,32H,1-2,6-8,11-13,16-17H2,(H,33,34)/b15-14+/t19-,20-,21+/m0/s1. The normalized spacial score (nSPS) is 19.9. The van der Waals surface area contributed by atoms with E-state index in [4.69, 9.17) is 5.11 Å². The van der Waals surface area contributed by atoms with E-state index in [1.54, 1.807) is 30.3 Å². The number of benzene rings is 1. The van der Waals surface area contributed by atoms with Gasteiger partial charge in [-0.05, 0) is 37.7 Å². The molecule has 0 saturated carbocycles. The molecule has 0 aromatic heterocycles. The molecule has 1 aliphatic rings. The van der Waals surface area contributed by atoms with Crippen molar-refractivity contribution in [2.75, 3.05) is 6.54 Å². The van der Waals surface area contributed by atoms with E-state index in [0.29, 0.717) is 32.1 Å². The van der Waals surface area contributed by atoms with Crippen molar-refractivity contribution >= 4 is 11.9 Å². The fourth-order valence-electron chi connectivity index (χ4n) is 4.25. The fraction of sp³-hybridized carbons (Fsp3) is 0.600. The summed E-state index contributed by atoms with van der Waals surface area (Å²) in [6.45, 7) is -0.0215. The molecular formula is C25H32F5NO4. The van der Waals surface area contributed by atoms with Gasteiger partial charge in [-0.3, -0.25) is 9.59 Å². The molecule has 1 heterocycles. The molecular weight excluding hydrogens is 473 g/mol. The minimum absolute atomic E-state index is 0.00428. The Labute approximate surface area is 201 Å². The first-order valence-corrected chi connectivity index (χ1v) is 11.8. The minimum Gasteiger partial charge on any atom is -0.481 e. The fourth-order valence-corrected chi connectivity index (χ4v) is 4.25. The summed E-state index contributed by atoms with van der Waals surface area (Å²) in [7, 11) is 0. The Hall–Kier alpha value is -2.49. The van der Waals surface area contributed by atoms with Crippen LogP contribution >= 0.6 is 0 Å². The van der Waals surface area contributed by atoms with Gasteiger partial charge in [0.1, 0.15) is 0 Å². The summed E-state index contributed by atoms with van der Waals surface area (Å²) in [5.74, 6) is -7.99. The third kappa shape index (κ3) is 9.23. The van der Waals surface area contributed by atoms with Gasteiger partial charge in [-0.25, -0.2) is 0 Å². The molecule has 0 aliphatic carbocycles. The molecule has 0 bridgehead atoms. The SMILES string of the molecule is O=C(O)CCCCCCN1C(=O)C(F)(F)C[C@@H]1/C=C/[C@@H](O)[C@H](CCCc1ccccc1)C(F)(F)F. The van der Waals surface area contributed by atoms with Crippen LogP contribution in [0.3, 0.4) is 0 Å². The Bertz CT molecular complexity index is 844. The second-order valence-corrected chi connectivity index (χ2v) is 8.93. The zero-order valence-corrected chi connectivity index (χ0v) is 19.4. The molecule has 1 saturated heterocycles. The van der Waals surface area contributed by atoms with Gasteiger partial charge in [-0.2, -0.15) is 22.0 Å². The maximum Gasteiger partial charge on any atom is 0.394 e. The van der Waals surface area contributed by atoms with Crippen molar-refractivity contribution in [2.24, 2.45) is 5.92 Å². The van der Waals surface area contributed by atoms with E-state index < -0.39 is 48.5 Å². The number of hydrogen-bond donors (Lipinski definition) is 2. The number of carboxylic acids is 1. The summed E-state index contributed by atoms with van der Waals surface area (Å²) in [6, 6.07) is 7.86. The highest BCUT2D eigenvalue weighted by Gasteiger charge is 2.52. The first-order chi connectivity index (χ1) is 16.4. The lowest BCUT2D eigenvalue weighted by Crippen LogP contribution is -2.37. The van der Waals surface area contributed by atoms with Gasteiger partial charge in [-0.1, -0.05) is 55.3 Å². The summed E-state index contributed by atoms with van der Waals surface area (Å²) >= 11 is 0. The topological polar surface area (TPSA) is 77.8 Å². The number of aliphatic carboxylic acids is 1. The monoisotopic (exact) mass is 505 g/mol. The van der Waals surface area contributed by atoms with Crippen LogP contribution in [0.5, 0.6) is 0 Å². The number of likely N-dealkylation sites (tertiary alicyclic amines) is 1. The maximum atomic E-state index is 14.0. The van der Waals surface area contributed by atoms with Crippen LogP contribution in [-0.2, 0) is 16.0 Å². The number of hydrogen-bond acceptors (Lipinski definition) is 3. The highest BCUT2D eigenvalue weighted by atomic mass is 19.4. The number of carboxylic acid groups (broad SMARTS) is 1. The zero-order valence-electron chi connectivity index (χ0n) is 19.4. The number of rotatable bonds is 14. The van der Waals surface area contributed by atoms with Crippen molar-refractivity contribution in [3.05, 3.63) is 48.0 Å². The van der Waals surface area contributed by atoms with Crippen LogP contribution in [0.25, 0.3) is 0 Å². The Kier molecular flexibility index (Phi) is 10.7. The van der Waals surface area contributed by atoms with E-state index in [1.807, 2.05) is 0 Å². The van der Waals surface area contributed by atoms with Crippen LogP contribution in [0.2, 0.25) is 0 Å². The molecule has 0 unspecified atom stereocenters. The molecule has 5 nitrogen and oxygen atoms in total. The molecule has 0 spiro atoms. The Morgan fingerprint density at radius 3 is 2.40 bits per heavy atom. The van der Waals surface area contributed by atoms with E-state index in [9.17, 15) is 36.6 Å². The average Bonchev–Trinajstić information content (AvgIpc) is 2.99. The predicted octanol–water partition coefficient (Wildman–Crippen LogP) is 5.38. The van der Waals surface area contributed by atoms with Crippen LogP contribution in [0.15, 0.2) is 42.5 Å². The van der Waals surface area contributed by atoms with Gasteiger partial charge in [0.2, 0.25) is 0 Å². The first-order valence-electron chi connectivity index (χ1n) is 11.8. The van der Waals surface area contributed by atoms with Crippen molar-refractivity contribution in [3.63, 3.8) is 0 Å². The molecule has 1 fully saturated rings. The second-order valence-electron chi connectivity index (χ2n) is 8.93. The van der Waals surface area contributed by atoms with Gasteiger partial charge < -0.3 is 15.1 Å². The number of halogens is 5. The third-order valence-electron chi connectivity index (χ3n) is 6.17.